The zero-order valence-corrected chi connectivity index (χ0v) is 14.2. The summed E-state index contributed by atoms with van der Waals surface area (Å²) < 4.78 is 11.3. The first kappa shape index (κ1) is 17.1. The Balaban J connectivity index is 2.78. The molecule has 0 fully saturated rings. The van der Waals surface area contributed by atoms with Gasteiger partial charge in [-0.2, -0.15) is 0 Å². The van der Waals surface area contributed by atoms with E-state index in [2.05, 4.69) is 13.8 Å². The van der Waals surface area contributed by atoms with Crippen LogP contribution in [0.2, 0.25) is 0 Å². The number of ether oxygens (including phenoxy) is 2. The van der Waals surface area contributed by atoms with Crippen molar-refractivity contribution >= 4 is 16.7 Å². The van der Waals surface area contributed by atoms with Crippen LogP contribution in [0.4, 0.5) is 0 Å². The third kappa shape index (κ3) is 3.58. The summed E-state index contributed by atoms with van der Waals surface area (Å²) in [6.45, 7) is 8.21. The molecule has 0 heterocycles. The summed E-state index contributed by atoms with van der Waals surface area (Å²) in [5, 5.41) is 12.0. The van der Waals surface area contributed by atoms with Gasteiger partial charge in [0.15, 0.2) is 11.5 Å². The minimum atomic E-state index is -0.298. The molecule has 0 aromatic heterocycles. The van der Waals surface area contributed by atoms with E-state index in [1.165, 1.54) is 0 Å². The van der Waals surface area contributed by atoms with Gasteiger partial charge in [-0.05, 0) is 19.3 Å². The number of hydrogen-bond acceptors (Lipinski definition) is 4. The van der Waals surface area contributed by atoms with Gasteiger partial charge in [-0.1, -0.05) is 45.0 Å². The molecule has 0 atom stereocenters. The number of aromatic hydroxyl groups is 1. The molecule has 0 bridgehead atoms. The molecule has 2 aromatic carbocycles. The Morgan fingerprint density at radius 1 is 1.13 bits per heavy atom. The molecule has 1 N–H and O–H groups in total. The Kier molecular flexibility index (Phi) is 5.48. The van der Waals surface area contributed by atoms with Crippen LogP contribution in [-0.4, -0.2) is 17.7 Å². The SMILES string of the molecule is CCOc1c(CC(C)C)c(OC(=O)CC)c2ccccc2c1O. The van der Waals surface area contributed by atoms with Crippen molar-refractivity contribution in [1.82, 2.24) is 0 Å². The van der Waals surface area contributed by atoms with Gasteiger partial charge in [0, 0.05) is 22.8 Å². The number of fused-ring (bicyclic) bond motifs is 1. The van der Waals surface area contributed by atoms with Crippen LogP contribution < -0.4 is 9.47 Å². The number of rotatable bonds is 6. The first-order chi connectivity index (χ1) is 11.0. The molecule has 0 radical (unpaired) electrons. The Bertz CT molecular complexity index is 704. The number of phenolic OH excluding ortho intramolecular Hbond substituents is 1. The summed E-state index contributed by atoms with van der Waals surface area (Å²) in [7, 11) is 0. The van der Waals surface area contributed by atoms with Crippen LogP contribution >= 0.6 is 0 Å². The summed E-state index contributed by atoms with van der Waals surface area (Å²) in [6.07, 6.45) is 0.945. The average Bonchev–Trinajstić information content (AvgIpc) is 2.54. The van der Waals surface area contributed by atoms with Crippen molar-refractivity contribution in [2.75, 3.05) is 6.61 Å². The quantitative estimate of drug-likeness (QED) is 0.631. The minimum absolute atomic E-state index is 0.106. The Labute approximate surface area is 137 Å². The zero-order chi connectivity index (χ0) is 17.0. The molecule has 0 aliphatic heterocycles. The topological polar surface area (TPSA) is 55.8 Å². The first-order valence-electron chi connectivity index (χ1n) is 8.09. The predicted octanol–water partition coefficient (Wildman–Crippen LogP) is 4.46. The molecule has 23 heavy (non-hydrogen) atoms. The summed E-state index contributed by atoms with van der Waals surface area (Å²) in [6, 6.07) is 7.36. The number of esters is 1. The number of carbonyl (C=O) groups is 1. The van der Waals surface area contributed by atoms with Crippen molar-refractivity contribution in [2.24, 2.45) is 5.92 Å². The van der Waals surface area contributed by atoms with Crippen molar-refractivity contribution in [1.29, 1.82) is 0 Å². The lowest BCUT2D eigenvalue weighted by molar-refractivity contribution is -0.133. The third-order valence-electron chi connectivity index (χ3n) is 3.60. The highest BCUT2D eigenvalue weighted by Crippen LogP contribution is 2.46. The van der Waals surface area contributed by atoms with E-state index >= 15 is 0 Å². The van der Waals surface area contributed by atoms with E-state index < -0.39 is 0 Å². The first-order valence-corrected chi connectivity index (χ1v) is 8.09. The molecule has 0 saturated carbocycles. The van der Waals surface area contributed by atoms with E-state index in [1.54, 1.807) is 13.0 Å². The summed E-state index contributed by atoms with van der Waals surface area (Å²) in [5.74, 6) is 1.05. The van der Waals surface area contributed by atoms with E-state index in [9.17, 15) is 9.90 Å². The standard InChI is InChI=1S/C19H24O4/c1-5-16(20)23-18-14-10-8-7-9-13(14)17(21)19(22-6-2)15(18)11-12(3)4/h7-10,12,21H,5-6,11H2,1-4H3. The molecule has 0 aliphatic rings. The fraction of sp³-hybridized carbons (Fsp3) is 0.421. The maximum atomic E-state index is 11.9. The van der Waals surface area contributed by atoms with Gasteiger partial charge in [-0.15, -0.1) is 0 Å². The lowest BCUT2D eigenvalue weighted by Crippen LogP contribution is -2.11. The molecule has 2 aromatic rings. The van der Waals surface area contributed by atoms with E-state index in [4.69, 9.17) is 9.47 Å². The van der Waals surface area contributed by atoms with Crippen molar-refractivity contribution < 1.29 is 19.4 Å². The second kappa shape index (κ2) is 7.36. The maximum absolute atomic E-state index is 11.9. The number of phenols is 1. The summed E-state index contributed by atoms with van der Waals surface area (Å²) in [4.78, 5) is 11.9. The van der Waals surface area contributed by atoms with Gasteiger partial charge in [0.2, 0.25) is 0 Å². The molecule has 4 heteroatoms. The van der Waals surface area contributed by atoms with Gasteiger partial charge in [0.05, 0.1) is 6.61 Å². The fourth-order valence-corrected chi connectivity index (χ4v) is 2.61. The lowest BCUT2D eigenvalue weighted by atomic mass is 9.96. The van der Waals surface area contributed by atoms with Crippen LogP contribution in [0.1, 0.15) is 39.7 Å². The van der Waals surface area contributed by atoms with Crippen molar-refractivity contribution in [2.45, 2.75) is 40.5 Å². The fourth-order valence-electron chi connectivity index (χ4n) is 2.61. The number of hydrogen-bond donors (Lipinski definition) is 1. The smallest absolute Gasteiger partial charge is 0.310 e. The van der Waals surface area contributed by atoms with Gasteiger partial charge in [0.25, 0.3) is 0 Å². The molecule has 0 aliphatic carbocycles. The molecule has 0 amide bonds. The van der Waals surface area contributed by atoms with Crippen molar-refractivity contribution in [3.05, 3.63) is 29.8 Å². The second-order valence-corrected chi connectivity index (χ2v) is 5.89. The Hall–Kier alpha value is -2.23. The molecule has 0 saturated heterocycles. The highest BCUT2D eigenvalue weighted by atomic mass is 16.5. The van der Waals surface area contributed by atoms with Crippen molar-refractivity contribution in [3.63, 3.8) is 0 Å². The van der Waals surface area contributed by atoms with Gasteiger partial charge in [-0.3, -0.25) is 4.79 Å². The zero-order valence-electron chi connectivity index (χ0n) is 14.2. The average molecular weight is 316 g/mol. The number of benzene rings is 2. The van der Waals surface area contributed by atoms with E-state index in [1.807, 2.05) is 25.1 Å². The van der Waals surface area contributed by atoms with Crippen LogP contribution in [0.5, 0.6) is 17.2 Å². The van der Waals surface area contributed by atoms with E-state index in [0.29, 0.717) is 42.3 Å². The highest BCUT2D eigenvalue weighted by Gasteiger charge is 2.23. The molecule has 4 nitrogen and oxygen atoms in total. The van der Waals surface area contributed by atoms with Gasteiger partial charge in [0.1, 0.15) is 5.75 Å². The minimum Gasteiger partial charge on any atom is -0.504 e. The van der Waals surface area contributed by atoms with E-state index in [0.717, 1.165) is 10.9 Å². The molecule has 0 unspecified atom stereocenters. The molecule has 2 rings (SSSR count). The van der Waals surface area contributed by atoms with Crippen LogP contribution in [0.15, 0.2) is 24.3 Å². The van der Waals surface area contributed by atoms with Gasteiger partial charge < -0.3 is 14.6 Å². The molecular formula is C19H24O4. The molecule has 124 valence electrons. The van der Waals surface area contributed by atoms with Gasteiger partial charge in [-0.25, -0.2) is 0 Å². The maximum Gasteiger partial charge on any atom is 0.310 e. The van der Waals surface area contributed by atoms with Crippen LogP contribution in [0.25, 0.3) is 10.8 Å². The summed E-state index contributed by atoms with van der Waals surface area (Å²) >= 11 is 0. The monoisotopic (exact) mass is 316 g/mol. The Morgan fingerprint density at radius 2 is 1.78 bits per heavy atom. The normalized spacial score (nSPS) is 11.0. The summed E-state index contributed by atoms with van der Waals surface area (Å²) in [5.41, 5.74) is 0.750. The van der Waals surface area contributed by atoms with Crippen molar-refractivity contribution in [3.8, 4) is 17.2 Å². The Morgan fingerprint density at radius 3 is 2.35 bits per heavy atom. The van der Waals surface area contributed by atoms with Crippen LogP contribution in [0.3, 0.4) is 0 Å². The van der Waals surface area contributed by atoms with Crippen LogP contribution in [-0.2, 0) is 11.2 Å². The molecule has 0 spiro atoms. The molecular weight excluding hydrogens is 292 g/mol. The lowest BCUT2D eigenvalue weighted by Gasteiger charge is -2.20. The van der Waals surface area contributed by atoms with E-state index in [-0.39, 0.29) is 11.7 Å². The van der Waals surface area contributed by atoms with Crippen LogP contribution in [0, 0.1) is 5.92 Å². The highest BCUT2D eigenvalue weighted by molar-refractivity contribution is 5.98. The number of carbonyl (C=O) groups excluding carboxylic acids is 1. The largest absolute Gasteiger partial charge is 0.504 e. The predicted molar refractivity (Wildman–Crippen MR) is 91.2 cm³/mol. The third-order valence-corrected chi connectivity index (χ3v) is 3.60. The van der Waals surface area contributed by atoms with Gasteiger partial charge >= 0.3 is 5.97 Å². The second-order valence-electron chi connectivity index (χ2n) is 5.89.